The fourth-order valence-corrected chi connectivity index (χ4v) is 4.96. The molecule has 180 valence electrons. The molecule has 33 heavy (non-hydrogen) atoms. The van der Waals surface area contributed by atoms with Crippen molar-refractivity contribution in [2.24, 2.45) is 10.8 Å². The lowest BCUT2D eigenvalue weighted by Gasteiger charge is -2.40. The Morgan fingerprint density at radius 1 is 0.727 bits per heavy atom. The second kappa shape index (κ2) is 10.1. The summed E-state index contributed by atoms with van der Waals surface area (Å²) in [6.07, 6.45) is 3.19. The Morgan fingerprint density at radius 2 is 1.15 bits per heavy atom. The van der Waals surface area contributed by atoms with Gasteiger partial charge in [0, 0.05) is 5.92 Å². The predicted molar refractivity (Wildman–Crippen MR) is 133 cm³/mol. The first kappa shape index (κ1) is 24.1. The Kier molecular flexibility index (Phi) is 7.35. The van der Waals surface area contributed by atoms with Gasteiger partial charge in [-0.15, -0.1) is 0 Å². The molecule has 4 heteroatoms. The maximum atomic E-state index is 6.35. The SMILES string of the molecule is CCC(c1cccc(OCC2(CC)COC2)c1C)c1cccc(OCC2(CC)COC2)c1C. The van der Waals surface area contributed by atoms with E-state index in [1.54, 1.807) is 0 Å². The van der Waals surface area contributed by atoms with Gasteiger partial charge in [-0.2, -0.15) is 0 Å². The van der Waals surface area contributed by atoms with Crippen molar-refractivity contribution in [2.75, 3.05) is 39.6 Å². The fourth-order valence-electron chi connectivity index (χ4n) is 4.96. The van der Waals surface area contributed by atoms with E-state index in [9.17, 15) is 0 Å². The van der Waals surface area contributed by atoms with E-state index in [1.165, 1.54) is 22.3 Å². The van der Waals surface area contributed by atoms with E-state index in [4.69, 9.17) is 18.9 Å². The standard InChI is InChI=1S/C29H40O4/c1-6-23(24-11-9-13-26(21(24)4)32-19-28(7-2)15-30-16-28)25-12-10-14-27(22(25)5)33-20-29(8-3)17-31-18-29/h9-14,23H,6-8,15-20H2,1-5H3. The van der Waals surface area contributed by atoms with Crippen LogP contribution in [0.1, 0.15) is 68.2 Å². The highest BCUT2D eigenvalue weighted by Crippen LogP contribution is 2.39. The molecule has 2 aromatic rings. The van der Waals surface area contributed by atoms with Crippen molar-refractivity contribution in [3.8, 4) is 11.5 Å². The third-order valence-electron chi connectivity index (χ3n) is 8.01. The molecule has 0 atom stereocenters. The van der Waals surface area contributed by atoms with Crippen molar-refractivity contribution >= 4 is 0 Å². The molecule has 2 saturated heterocycles. The fraction of sp³-hybridized carbons (Fsp3) is 0.586. The van der Waals surface area contributed by atoms with Crippen molar-refractivity contribution in [2.45, 2.75) is 59.8 Å². The summed E-state index contributed by atoms with van der Waals surface area (Å²) >= 11 is 0. The molecule has 2 heterocycles. The second-order valence-corrected chi connectivity index (χ2v) is 10.2. The summed E-state index contributed by atoms with van der Waals surface area (Å²) in [7, 11) is 0. The molecule has 2 fully saturated rings. The maximum absolute atomic E-state index is 6.35. The number of hydrogen-bond acceptors (Lipinski definition) is 4. The van der Waals surface area contributed by atoms with E-state index in [1.807, 2.05) is 0 Å². The Morgan fingerprint density at radius 3 is 1.45 bits per heavy atom. The van der Waals surface area contributed by atoms with Crippen molar-refractivity contribution in [1.82, 2.24) is 0 Å². The van der Waals surface area contributed by atoms with Crippen LogP contribution in [0.5, 0.6) is 11.5 Å². The summed E-state index contributed by atoms with van der Waals surface area (Å²) in [4.78, 5) is 0. The zero-order valence-corrected chi connectivity index (χ0v) is 21.0. The summed E-state index contributed by atoms with van der Waals surface area (Å²) in [6, 6.07) is 13.0. The molecule has 0 bridgehead atoms. The summed E-state index contributed by atoms with van der Waals surface area (Å²) in [6.45, 7) is 15.7. The molecular weight excluding hydrogens is 412 g/mol. The minimum absolute atomic E-state index is 0.177. The molecule has 0 saturated carbocycles. The quantitative estimate of drug-likeness (QED) is 0.392. The molecule has 0 radical (unpaired) electrons. The van der Waals surface area contributed by atoms with Crippen LogP contribution in [-0.4, -0.2) is 39.6 Å². The highest BCUT2D eigenvalue weighted by Gasteiger charge is 2.38. The summed E-state index contributed by atoms with van der Waals surface area (Å²) in [5, 5.41) is 0. The van der Waals surface area contributed by atoms with E-state index in [0.29, 0.717) is 5.92 Å². The Hall–Kier alpha value is -2.04. The first-order valence-corrected chi connectivity index (χ1v) is 12.6. The first-order chi connectivity index (χ1) is 16.0. The smallest absolute Gasteiger partial charge is 0.122 e. The van der Waals surface area contributed by atoms with E-state index in [2.05, 4.69) is 71.0 Å². The van der Waals surface area contributed by atoms with Crippen LogP contribution in [0.25, 0.3) is 0 Å². The third kappa shape index (κ3) is 4.79. The molecule has 2 aromatic carbocycles. The average molecular weight is 453 g/mol. The van der Waals surface area contributed by atoms with Gasteiger partial charge in [0.25, 0.3) is 0 Å². The molecule has 4 rings (SSSR count). The van der Waals surface area contributed by atoms with Gasteiger partial charge in [-0.1, -0.05) is 45.0 Å². The van der Waals surface area contributed by atoms with Crippen molar-refractivity contribution in [3.05, 3.63) is 58.7 Å². The lowest BCUT2D eigenvalue weighted by molar-refractivity contribution is -0.133. The summed E-state index contributed by atoms with van der Waals surface area (Å²) in [5.74, 6) is 2.28. The van der Waals surface area contributed by atoms with Gasteiger partial charge in [0.1, 0.15) is 11.5 Å². The topological polar surface area (TPSA) is 36.9 Å². The molecule has 2 aliphatic heterocycles. The average Bonchev–Trinajstić information content (AvgIpc) is 2.77. The van der Waals surface area contributed by atoms with Gasteiger partial charge < -0.3 is 18.9 Å². The second-order valence-electron chi connectivity index (χ2n) is 10.2. The van der Waals surface area contributed by atoms with Gasteiger partial charge in [0.15, 0.2) is 0 Å². The Labute approximate surface area is 199 Å². The molecule has 0 spiro atoms. The van der Waals surface area contributed by atoms with Crippen LogP contribution in [0.4, 0.5) is 0 Å². The first-order valence-electron chi connectivity index (χ1n) is 12.6. The van der Waals surface area contributed by atoms with Gasteiger partial charge >= 0.3 is 0 Å². The van der Waals surface area contributed by atoms with E-state index in [0.717, 1.165) is 70.4 Å². The molecule has 0 N–H and O–H groups in total. The van der Waals surface area contributed by atoms with Crippen molar-refractivity contribution in [3.63, 3.8) is 0 Å². The largest absolute Gasteiger partial charge is 0.493 e. The number of benzene rings is 2. The highest BCUT2D eigenvalue weighted by atomic mass is 16.5. The van der Waals surface area contributed by atoms with Crippen LogP contribution in [-0.2, 0) is 9.47 Å². The lowest BCUT2D eigenvalue weighted by atomic mass is 9.83. The predicted octanol–water partition coefficient (Wildman–Crippen LogP) is 6.46. The minimum Gasteiger partial charge on any atom is -0.493 e. The normalized spacial score (nSPS) is 18.5. The molecular formula is C29H40O4. The van der Waals surface area contributed by atoms with Crippen molar-refractivity contribution in [1.29, 1.82) is 0 Å². The maximum Gasteiger partial charge on any atom is 0.122 e. The highest BCUT2D eigenvalue weighted by molar-refractivity contribution is 5.49. The van der Waals surface area contributed by atoms with Gasteiger partial charge in [0.05, 0.1) is 50.5 Å². The number of rotatable bonds is 11. The number of hydrogen-bond donors (Lipinski definition) is 0. The van der Waals surface area contributed by atoms with Crippen LogP contribution in [0, 0.1) is 24.7 Å². The third-order valence-corrected chi connectivity index (χ3v) is 8.01. The van der Waals surface area contributed by atoms with Gasteiger partial charge in [0.2, 0.25) is 0 Å². The molecule has 2 aliphatic rings. The van der Waals surface area contributed by atoms with E-state index in [-0.39, 0.29) is 10.8 Å². The van der Waals surface area contributed by atoms with Crippen LogP contribution in [0.3, 0.4) is 0 Å². The monoisotopic (exact) mass is 452 g/mol. The van der Waals surface area contributed by atoms with Crippen LogP contribution in [0.2, 0.25) is 0 Å². The van der Waals surface area contributed by atoms with E-state index >= 15 is 0 Å². The van der Waals surface area contributed by atoms with Crippen molar-refractivity contribution < 1.29 is 18.9 Å². The number of ether oxygens (including phenoxy) is 4. The van der Waals surface area contributed by atoms with Gasteiger partial charge in [-0.25, -0.2) is 0 Å². The molecule has 0 unspecified atom stereocenters. The molecule has 4 nitrogen and oxygen atoms in total. The van der Waals surface area contributed by atoms with Crippen LogP contribution >= 0.6 is 0 Å². The van der Waals surface area contributed by atoms with Gasteiger partial charge in [-0.05, 0) is 67.5 Å². The zero-order chi connectivity index (χ0) is 23.5. The van der Waals surface area contributed by atoms with Crippen LogP contribution in [0.15, 0.2) is 36.4 Å². The molecule has 0 aliphatic carbocycles. The summed E-state index contributed by atoms with van der Waals surface area (Å²) in [5.41, 5.74) is 5.49. The Balaban J connectivity index is 1.54. The lowest BCUT2D eigenvalue weighted by Crippen LogP contribution is -2.46. The van der Waals surface area contributed by atoms with Crippen LogP contribution < -0.4 is 9.47 Å². The summed E-state index contributed by atoms with van der Waals surface area (Å²) < 4.78 is 23.6. The zero-order valence-electron chi connectivity index (χ0n) is 21.0. The Bertz CT molecular complexity index is 856. The van der Waals surface area contributed by atoms with E-state index < -0.39 is 0 Å². The molecule has 0 amide bonds. The molecule has 0 aromatic heterocycles. The van der Waals surface area contributed by atoms with Gasteiger partial charge in [-0.3, -0.25) is 0 Å². The minimum atomic E-state index is 0.177.